The van der Waals surface area contributed by atoms with Crippen molar-refractivity contribution < 1.29 is 14.3 Å². The first kappa shape index (κ1) is 18.1. The largest absolute Gasteiger partial charge is 0.451 e. The summed E-state index contributed by atoms with van der Waals surface area (Å²) < 4.78 is 5.13. The van der Waals surface area contributed by atoms with E-state index in [2.05, 4.69) is 10.3 Å². The van der Waals surface area contributed by atoms with Gasteiger partial charge in [0.2, 0.25) is 0 Å². The fraction of sp³-hybridized carbons (Fsp3) is 0.250. The van der Waals surface area contributed by atoms with Crippen molar-refractivity contribution in [2.45, 2.75) is 26.8 Å². The second-order valence-corrected chi connectivity index (χ2v) is 7.28. The number of nitrogens with zero attached hydrogens (tertiary/aromatic N) is 1. The van der Waals surface area contributed by atoms with E-state index >= 15 is 0 Å². The minimum atomic E-state index is -0.513. The summed E-state index contributed by atoms with van der Waals surface area (Å²) in [5.74, 6) is -0.848. The molecular weight excluding hydrogens is 348 g/mol. The average molecular weight is 368 g/mol. The second-order valence-electron chi connectivity index (χ2n) is 6.08. The Morgan fingerprint density at radius 2 is 1.88 bits per heavy atom. The first-order valence-corrected chi connectivity index (χ1v) is 9.15. The molecule has 134 valence electrons. The summed E-state index contributed by atoms with van der Waals surface area (Å²) in [6.45, 7) is 5.18. The molecule has 0 radical (unpaired) electrons. The first-order valence-electron chi connectivity index (χ1n) is 8.34. The minimum Gasteiger partial charge on any atom is -0.451 e. The van der Waals surface area contributed by atoms with E-state index in [1.807, 2.05) is 56.3 Å². The van der Waals surface area contributed by atoms with E-state index in [9.17, 15) is 9.59 Å². The molecule has 1 amide bonds. The second kappa shape index (κ2) is 7.66. The van der Waals surface area contributed by atoms with E-state index in [0.717, 1.165) is 21.3 Å². The maximum Gasteiger partial charge on any atom is 0.350 e. The van der Waals surface area contributed by atoms with E-state index in [-0.39, 0.29) is 18.6 Å². The van der Waals surface area contributed by atoms with E-state index < -0.39 is 5.97 Å². The molecule has 0 aliphatic carbocycles. The van der Waals surface area contributed by atoms with Crippen LogP contribution < -0.4 is 5.32 Å². The molecule has 0 unspecified atom stereocenters. The number of nitrogens with one attached hydrogen (secondary N) is 1. The zero-order valence-corrected chi connectivity index (χ0v) is 15.7. The predicted molar refractivity (Wildman–Crippen MR) is 102 cm³/mol. The van der Waals surface area contributed by atoms with Gasteiger partial charge in [0.25, 0.3) is 5.91 Å². The highest BCUT2D eigenvalue weighted by molar-refractivity contribution is 7.13. The number of hydrogen-bond donors (Lipinski definition) is 1. The molecule has 1 atom stereocenters. The Balaban J connectivity index is 1.62. The summed E-state index contributed by atoms with van der Waals surface area (Å²) in [5.41, 5.74) is 1.65. The van der Waals surface area contributed by atoms with Crippen LogP contribution in [0, 0.1) is 13.8 Å². The normalized spacial score (nSPS) is 12.0. The molecule has 3 rings (SSSR count). The lowest BCUT2D eigenvalue weighted by Gasteiger charge is -2.16. The first-order chi connectivity index (χ1) is 12.5. The number of thiazole rings is 1. The molecule has 3 aromatic rings. The minimum absolute atomic E-state index is 0.195. The molecule has 0 saturated carbocycles. The van der Waals surface area contributed by atoms with Gasteiger partial charge in [-0.05, 0) is 37.1 Å². The number of carbonyl (C=O) groups is 2. The molecule has 6 heteroatoms. The van der Waals surface area contributed by atoms with Crippen LogP contribution >= 0.6 is 11.3 Å². The lowest BCUT2D eigenvalue weighted by Crippen LogP contribution is -2.31. The number of esters is 1. The van der Waals surface area contributed by atoms with Crippen molar-refractivity contribution in [3.8, 4) is 0 Å². The average Bonchev–Trinajstić information content (AvgIpc) is 2.97. The van der Waals surface area contributed by atoms with Crippen molar-refractivity contribution in [1.29, 1.82) is 0 Å². The van der Waals surface area contributed by atoms with Gasteiger partial charge in [-0.2, -0.15) is 0 Å². The monoisotopic (exact) mass is 368 g/mol. The van der Waals surface area contributed by atoms with Crippen LogP contribution in [0.2, 0.25) is 0 Å². The smallest absolute Gasteiger partial charge is 0.350 e. The van der Waals surface area contributed by atoms with Gasteiger partial charge >= 0.3 is 5.97 Å². The Morgan fingerprint density at radius 3 is 2.62 bits per heavy atom. The van der Waals surface area contributed by atoms with Crippen LogP contribution in [-0.4, -0.2) is 23.5 Å². The van der Waals surface area contributed by atoms with Crippen molar-refractivity contribution in [2.24, 2.45) is 0 Å². The Labute approximate surface area is 156 Å². The fourth-order valence-corrected chi connectivity index (χ4v) is 3.72. The van der Waals surface area contributed by atoms with Crippen molar-refractivity contribution in [2.75, 3.05) is 6.61 Å². The molecule has 0 aliphatic rings. The Kier molecular flexibility index (Phi) is 5.32. The molecule has 0 saturated heterocycles. The molecule has 0 fully saturated rings. The number of hydrogen-bond acceptors (Lipinski definition) is 5. The van der Waals surface area contributed by atoms with Gasteiger partial charge < -0.3 is 10.1 Å². The van der Waals surface area contributed by atoms with Gasteiger partial charge in [0.15, 0.2) is 6.61 Å². The lowest BCUT2D eigenvalue weighted by atomic mass is 10.00. The summed E-state index contributed by atoms with van der Waals surface area (Å²) in [6, 6.07) is 13.8. The summed E-state index contributed by atoms with van der Waals surface area (Å²) >= 11 is 1.27. The van der Waals surface area contributed by atoms with Crippen molar-refractivity contribution >= 4 is 34.0 Å². The van der Waals surface area contributed by atoms with E-state index in [0.29, 0.717) is 10.6 Å². The van der Waals surface area contributed by atoms with Crippen molar-refractivity contribution in [3.63, 3.8) is 0 Å². The number of fused-ring (bicyclic) bond motifs is 1. The molecule has 2 aromatic carbocycles. The topological polar surface area (TPSA) is 68.3 Å². The molecule has 0 bridgehead atoms. The molecule has 0 aliphatic heterocycles. The summed E-state index contributed by atoms with van der Waals surface area (Å²) in [5, 5.41) is 5.89. The summed E-state index contributed by atoms with van der Waals surface area (Å²) in [4.78, 5) is 28.9. The van der Waals surface area contributed by atoms with Crippen LogP contribution in [0.5, 0.6) is 0 Å². The molecule has 1 N–H and O–H groups in total. The number of ether oxygens (including phenoxy) is 1. The summed E-state index contributed by atoms with van der Waals surface area (Å²) in [7, 11) is 0. The Hall–Kier alpha value is -2.73. The fourth-order valence-electron chi connectivity index (χ4n) is 2.91. The van der Waals surface area contributed by atoms with E-state index in [1.54, 1.807) is 6.92 Å². The number of benzene rings is 2. The molecular formula is C20H20N2O3S. The lowest BCUT2D eigenvalue weighted by molar-refractivity contribution is -0.124. The highest BCUT2D eigenvalue weighted by atomic mass is 32.1. The third kappa shape index (κ3) is 3.91. The van der Waals surface area contributed by atoms with E-state index in [1.165, 1.54) is 11.3 Å². The van der Waals surface area contributed by atoms with Crippen LogP contribution in [0.4, 0.5) is 0 Å². The number of carbonyl (C=O) groups excluding carboxylic acids is 2. The van der Waals surface area contributed by atoms with Crippen molar-refractivity contribution in [3.05, 3.63) is 63.6 Å². The predicted octanol–water partition coefficient (Wildman–Crippen LogP) is 3.95. The zero-order chi connectivity index (χ0) is 18.7. The maximum atomic E-state index is 12.2. The Bertz CT molecular complexity index is 959. The third-order valence-electron chi connectivity index (χ3n) is 4.09. The highest BCUT2D eigenvalue weighted by Crippen LogP contribution is 2.24. The maximum absolute atomic E-state index is 12.2. The van der Waals surface area contributed by atoms with Gasteiger partial charge in [0.1, 0.15) is 4.88 Å². The summed E-state index contributed by atoms with van der Waals surface area (Å²) in [6.07, 6.45) is 0. The standard InChI is InChI=1S/C20H20N2O3S/c1-12(16-10-6-8-15-7-4-5-9-17(15)16)22-18(23)11-25-20(24)19-13(2)21-14(3)26-19/h4-10,12H,11H2,1-3H3,(H,22,23)/t12-/m1/s1. The van der Waals surface area contributed by atoms with Gasteiger partial charge in [-0.1, -0.05) is 42.5 Å². The van der Waals surface area contributed by atoms with Crippen LogP contribution in [0.1, 0.15) is 38.9 Å². The van der Waals surface area contributed by atoms with Crippen LogP contribution in [0.25, 0.3) is 10.8 Å². The Morgan fingerprint density at radius 1 is 1.15 bits per heavy atom. The molecule has 0 spiro atoms. The van der Waals surface area contributed by atoms with Gasteiger partial charge in [-0.15, -0.1) is 11.3 Å². The van der Waals surface area contributed by atoms with Crippen molar-refractivity contribution in [1.82, 2.24) is 10.3 Å². The van der Waals surface area contributed by atoms with Gasteiger partial charge in [-0.3, -0.25) is 4.79 Å². The van der Waals surface area contributed by atoms with Gasteiger partial charge in [0, 0.05) is 0 Å². The van der Waals surface area contributed by atoms with Gasteiger partial charge in [0.05, 0.1) is 16.7 Å². The van der Waals surface area contributed by atoms with Crippen LogP contribution in [0.3, 0.4) is 0 Å². The third-order valence-corrected chi connectivity index (χ3v) is 5.14. The quantitative estimate of drug-likeness (QED) is 0.693. The number of rotatable bonds is 5. The number of amides is 1. The molecule has 26 heavy (non-hydrogen) atoms. The van der Waals surface area contributed by atoms with E-state index in [4.69, 9.17) is 4.74 Å². The number of aryl methyl sites for hydroxylation is 2. The zero-order valence-electron chi connectivity index (χ0n) is 14.9. The van der Waals surface area contributed by atoms with Gasteiger partial charge in [-0.25, -0.2) is 9.78 Å². The van der Waals surface area contributed by atoms with Crippen LogP contribution in [0.15, 0.2) is 42.5 Å². The number of aromatic nitrogens is 1. The highest BCUT2D eigenvalue weighted by Gasteiger charge is 2.18. The molecule has 5 nitrogen and oxygen atoms in total. The SMILES string of the molecule is Cc1nc(C)c(C(=O)OCC(=O)N[C@H](C)c2cccc3ccccc23)s1. The molecule has 1 heterocycles. The molecule has 1 aromatic heterocycles. The van der Waals surface area contributed by atoms with Crippen LogP contribution in [-0.2, 0) is 9.53 Å².